The molecule has 1 heterocycles. The summed E-state index contributed by atoms with van der Waals surface area (Å²) in [7, 11) is 0. The van der Waals surface area contributed by atoms with E-state index in [0.717, 1.165) is 39.3 Å². The lowest BCUT2D eigenvalue weighted by Gasteiger charge is -2.34. The number of carbonyl (C=O) groups excluding carboxylic acids is 1. The highest BCUT2D eigenvalue weighted by Crippen LogP contribution is 2.16. The summed E-state index contributed by atoms with van der Waals surface area (Å²) in [5.41, 5.74) is 2.21. The van der Waals surface area contributed by atoms with Gasteiger partial charge in [-0.05, 0) is 17.7 Å². The monoisotopic (exact) mass is 317 g/mol. The summed E-state index contributed by atoms with van der Waals surface area (Å²) in [4.78, 5) is 17.1. The van der Waals surface area contributed by atoms with E-state index in [1.165, 1.54) is 11.1 Å². The molecular formula is C19H31N3O. The van der Waals surface area contributed by atoms with Crippen LogP contribution in [0.5, 0.6) is 0 Å². The maximum absolute atomic E-state index is 12.1. The van der Waals surface area contributed by atoms with Gasteiger partial charge in [0.2, 0.25) is 5.91 Å². The third kappa shape index (κ3) is 5.33. The Hall–Kier alpha value is -1.39. The predicted molar refractivity (Wildman–Crippen MR) is 95.1 cm³/mol. The van der Waals surface area contributed by atoms with Crippen molar-refractivity contribution in [2.45, 2.75) is 40.8 Å². The molecule has 0 bridgehead atoms. The molecule has 0 aliphatic carbocycles. The molecule has 1 fully saturated rings. The second-order valence-electron chi connectivity index (χ2n) is 7.41. The van der Waals surface area contributed by atoms with Crippen molar-refractivity contribution in [2.75, 3.05) is 32.7 Å². The Morgan fingerprint density at radius 2 is 1.61 bits per heavy atom. The topological polar surface area (TPSA) is 35.6 Å². The number of rotatable bonds is 5. The molecule has 1 N–H and O–H groups in total. The van der Waals surface area contributed by atoms with E-state index in [-0.39, 0.29) is 11.3 Å². The Labute approximate surface area is 140 Å². The van der Waals surface area contributed by atoms with Crippen LogP contribution in [-0.4, -0.2) is 48.4 Å². The number of nitrogens with one attached hydrogen (secondary N) is 1. The van der Waals surface area contributed by atoms with Crippen molar-refractivity contribution >= 4 is 5.91 Å². The number of hydrogen-bond donors (Lipinski definition) is 1. The van der Waals surface area contributed by atoms with Gasteiger partial charge in [-0.3, -0.25) is 9.69 Å². The minimum Gasteiger partial charge on any atom is -0.352 e. The van der Waals surface area contributed by atoms with E-state index in [4.69, 9.17) is 0 Å². The fraction of sp³-hybridized carbons (Fsp3) is 0.632. The lowest BCUT2D eigenvalue weighted by Crippen LogP contribution is -2.45. The second kappa shape index (κ2) is 7.93. The molecular weight excluding hydrogens is 286 g/mol. The van der Waals surface area contributed by atoms with Crippen molar-refractivity contribution < 1.29 is 4.79 Å². The van der Waals surface area contributed by atoms with Crippen LogP contribution in [0.25, 0.3) is 0 Å². The summed E-state index contributed by atoms with van der Waals surface area (Å²) in [5.74, 6) is 0.101. The van der Waals surface area contributed by atoms with Crippen molar-refractivity contribution in [1.29, 1.82) is 0 Å². The van der Waals surface area contributed by atoms with Gasteiger partial charge in [-0.1, -0.05) is 52.0 Å². The van der Waals surface area contributed by atoms with Gasteiger partial charge in [-0.15, -0.1) is 0 Å². The summed E-state index contributed by atoms with van der Waals surface area (Å²) in [6, 6.07) is 8.45. The van der Waals surface area contributed by atoms with Crippen molar-refractivity contribution in [1.82, 2.24) is 15.1 Å². The number of carbonyl (C=O) groups is 1. The molecule has 0 aromatic heterocycles. The van der Waals surface area contributed by atoms with Gasteiger partial charge in [0.1, 0.15) is 0 Å². The molecule has 1 amide bonds. The third-order valence-electron chi connectivity index (χ3n) is 4.55. The zero-order valence-corrected chi connectivity index (χ0v) is 15.1. The van der Waals surface area contributed by atoms with Gasteiger partial charge in [0.15, 0.2) is 0 Å². The van der Waals surface area contributed by atoms with E-state index >= 15 is 0 Å². The number of hydrogen-bond acceptors (Lipinski definition) is 3. The molecule has 1 aromatic carbocycles. The molecule has 0 saturated carbocycles. The summed E-state index contributed by atoms with van der Waals surface area (Å²) >= 11 is 0. The number of amides is 1. The van der Waals surface area contributed by atoms with Gasteiger partial charge >= 0.3 is 0 Å². The Balaban J connectivity index is 1.94. The van der Waals surface area contributed by atoms with E-state index < -0.39 is 0 Å². The Morgan fingerprint density at radius 1 is 1.04 bits per heavy atom. The first-order valence-electron chi connectivity index (χ1n) is 8.70. The number of nitrogens with zero attached hydrogens (tertiary/aromatic N) is 2. The molecule has 0 unspecified atom stereocenters. The van der Waals surface area contributed by atoms with Crippen LogP contribution in [0, 0.1) is 5.41 Å². The van der Waals surface area contributed by atoms with Crippen molar-refractivity contribution in [3.05, 3.63) is 35.4 Å². The average Bonchev–Trinajstić information content (AvgIpc) is 2.53. The summed E-state index contributed by atoms with van der Waals surface area (Å²) in [6.45, 7) is 15.3. The lowest BCUT2D eigenvalue weighted by molar-refractivity contribution is -0.128. The highest BCUT2D eigenvalue weighted by atomic mass is 16.2. The zero-order chi connectivity index (χ0) is 16.9. The number of benzene rings is 1. The first-order chi connectivity index (χ1) is 10.9. The van der Waals surface area contributed by atoms with Crippen LogP contribution in [0.1, 0.15) is 38.8 Å². The molecule has 1 aliphatic rings. The minimum absolute atomic E-state index is 0.101. The second-order valence-corrected chi connectivity index (χ2v) is 7.41. The first kappa shape index (κ1) is 18.0. The SMILES string of the molecule is CCN1CCN(Cc2ccccc2CNC(=O)C(C)(C)C)CC1. The largest absolute Gasteiger partial charge is 0.352 e. The maximum Gasteiger partial charge on any atom is 0.225 e. The highest BCUT2D eigenvalue weighted by Gasteiger charge is 2.21. The Morgan fingerprint density at radius 3 is 2.17 bits per heavy atom. The highest BCUT2D eigenvalue weighted by molar-refractivity contribution is 5.81. The molecule has 0 spiro atoms. The van der Waals surface area contributed by atoms with Gasteiger partial charge in [-0.2, -0.15) is 0 Å². The van der Waals surface area contributed by atoms with E-state index in [1.54, 1.807) is 0 Å². The fourth-order valence-electron chi connectivity index (χ4n) is 2.83. The van der Waals surface area contributed by atoms with Crippen molar-refractivity contribution in [3.63, 3.8) is 0 Å². The normalized spacial score (nSPS) is 17.2. The Bertz CT molecular complexity index is 514. The molecule has 4 nitrogen and oxygen atoms in total. The van der Waals surface area contributed by atoms with E-state index in [0.29, 0.717) is 6.54 Å². The third-order valence-corrected chi connectivity index (χ3v) is 4.55. The van der Waals surface area contributed by atoms with Gasteiger partial charge in [-0.25, -0.2) is 0 Å². The molecule has 1 saturated heterocycles. The zero-order valence-electron chi connectivity index (χ0n) is 15.1. The minimum atomic E-state index is -0.342. The molecule has 0 radical (unpaired) electrons. The molecule has 128 valence electrons. The maximum atomic E-state index is 12.1. The van der Waals surface area contributed by atoms with E-state index in [9.17, 15) is 4.79 Å². The summed E-state index contributed by atoms with van der Waals surface area (Å²) in [5, 5.41) is 3.07. The van der Waals surface area contributed by atoms with Crippen LogP contribution in [0.4, 0.5) is 0 Å². The molecule has 23 heavy (non-hydrogen) atoms. The summed E-state index contributed by atoms with van der Waals surface area (Å²) < 4.78 is 0. The smallest absolute Gasteiger partial charge is 0.225 e. The summed E-state index contributed by atoms with van der Waals surface area (Å²) in [6.07, 6.45) is 0. The van der Waals surface area contributed by atoms with Crippen LogP contribution in [-0.2, 0) is 17.9 Å². The lowest BCUT2D eigenvalue weighted by atomic mass is 9.95. The van der Waals surface area contributed by atoms with Gasteiger partial charge < -0.3 is 10.2 Å². The Kier molecular flexibility index (Phi) is 6.19. The van der Waals surface area contributed by atoms with Gasteiger partial charge in [0.05, 0.1) is 0 Å². The molecule has 4 heteroatoms. The molecule has 0 atom stereocenters. The van der Waals surface area contributed by atoms with Crippen LogP contribution >= 0.6 is 0 Å². The van der Waals surface area contributed by atoms with Crippen LogP contribution in [0.15, 0.2) is 24.3 Å². The average molecular weight is 317 g/mol. The fourth-order valence-corrected chi connectivity index (χ4v) is 2.83. The molecule has 1 aliphatic heterocycles. The number of likely N-dealkylation sites (N-methyl/N-ethyl adjacent to an activating group) is 1. The van der Waals surface area contributed by atoms with Crippen LogP contribution in [0.2, 0.25) is 0 Å². The van der Waals surface area contributed by atoms with Gasteiger partial charge in [0.25, 0.3) is 0 Å². The van der Waals surface area contributed by atoms with E-state index in [1.807, 2.05) is 20.8 Å². The molecule has 1 aromatic rings. The van der Waals surface area contributed by atoms with Crippen LogP contribution < -0.4 is 5.32 Å². The quantitative estimate of drug-likeness (QED) is 0.906. The van der Waals surface area contributed by atoms with Crippen LogP contribution in [0.3, 0.4) is 0 Å². The van der Waals surface area contributed by atoms with Crippen molar-refractivity contribution in [2.24, 2.45) is 5.41 Å². The van der Waals surface area contributed by atoms with Crippen molar-refractivity contribution in [3.8, 4) is 0 Å². The number of piperazine rings is 1. The predicted octanol–water partition coefficient (Wildman–Crippen LogP) is 2.49. The van der Waals surface area contributed by atoms with Gasteiger partial charge in [0, 0.05) is 44.7 Å². The first-order valence-corrected chi connectivity index (χ1v) is 8.70. The molecule has 2 rings (SSSR count). The van der Waals surface area contributed by atoms with E-state index in [2.05, 4.69) is 46.3 Å². The standard InChI is InChI=1S/C19H31N3O/c1-5-21-10-12-22(13-11-21)15-17-9-7-6-8-16(17)14-20-18(23)19(2,3)4/h6-9H,5,10-15H2,1-4H3,(H,20,23).